The van der Waals surface area contributed by atoms with Gasteiger partial charge in [-0.25, -0.2) is 0 Å². The van der Waals surface area contributed by atoms with E-state index in [0.29, 0.717) is 5.95 Å². The first-order chi connectivity index (χ1) is 10.6. The minimum atomic E-state index is -0.0715. The van der Waals surface area contributed by atoms with E-state index in [1.807, 2.05) is 0 Å². The Morgan fingerprint density at radius 3 is 2.30 bits per heavy atom. The number of anilines is 3. The maximum atomic E-state index is 4.75. The number of nitrogens with one attached hydrogen (secondary N) is 3. The van der Waals surface area contributed by atoms with Crippen LogP contribution in [0.3, 0.4) is 0 Å². The lowest BCUT2D eigenvalue weighted by molar-refractivity contribution is 0.619. The summed E-state index contributed by atoms with van der Waals surface area (Å²) in [5, 5.41) is 10.3. The van der Waals surface area contributed by atoms with E-state index in [1.165, 1.54) is 0 Å². The molecule has 6 heteroatoms. The molecule has 23 heavy (non-hydrogen) atoms. The van der Waals surface area contributed by atoms with E-state index in [2.05, 4.69) is 73.4 Å². The van der Waals surface area contributed by atoms with Gasteiger partial charge in [0.1, 0.15) is 11.6 Å². The highest BCUT2D eigenvalue weighted by atomic mass is 15.3. The quantitative estimate of drug-likeness (QED) is 0.796. The third-order valence-corrected chi connectivity index (χ3v) is 3.37. The molecule has 1 aromatic heterocycles. The Balaban J connectivity index is 2.31. The highest BCUT2D eigenvalue weighted by Gasteiger charge is 2.18. The zero-order chi connectivity index (χ0) is 17.1. The van der Waals surface area contributed by atoms with Crippen LogP contribution in [-0.2, 0) is 0 Å². The van der Waals surface area contributed by atoms with Crippen LogP contribution in [0.15, 0.2) is 6.07 Å². The number of hydrogen-bond acceptors (Lipinski definition) is 6. The van der Waals surface area contributed by atoms with Gasteiger partial charge in [-0.05, 0) is 54.5 Å². The molecule has 1 fully saturated rings. The molecular weight excluding hydrogens is 288 g/mol. The summed E-state index contributed by atoms with van der Waals surface area (Å²) >= 11 is 0. The highest BCUT2D eigenvalue weighted by Crippen LogP contribution is 2.23. The molecule has 0 bridgehead atoms. The lowest BCUT2D eigenvalue weighted by Gasteiger charge is -2.27. The van der Waals surface area contributed by atoms with Crippen molar-refractivity contribution in [1.82, 2.24) is 15.3 Å². The van der Waals surface area contributed by atoms with Crippen molar-refractivity contribution in [3.05, 3.63) is 6.07 Å². The van der Waals surface area contributed by atoms with Gasteiger partial charge in [-0.3, -0.25) is 0 Å². The topological polar surface area (TPSA) is 65.1 Å². The van der Waals surface area contributed by atoms with E-state index in [-0.39, 0.29) is 11.1 Å². The molecule has 0 spiro atoms. The maximum Gasteiger partial charge on any atom is 0.227 e. The molecule has 1 saturated heterocycles. The van der Waals surface area contributed by atoms with Crippen molar-refractivity contribution >= 4 is 17.6 Å². The summed E-state index contributed by atoms with van der Waals surface area (Å²) in [6, 6.07) is 2.06. The van der Waals surface area contributed by atoms with Crippen molar-refractivity contribution in [3.8, 4) is 0 Å². The third-order valence-electron chi connectivity index (χ3n) is 3.37. The second kappa shape index (κ2) is 6.91. The van der Waals surface area contributed by atoms with E-state index < -0.39 is 0 Å². The van der Waals surface area contributed by atoms with Crippen LogP contribution in [0.2, 0.25) is 0 Å². The van der Waals surface area contributed by atoms with Crippen molar-refractivity contribution in [1.29, 1.82) is 0 Å². The second-order valence-electron chi connectivity index (χ2n) is 8.28. The molecule has 2 rings (SSSR count). The minimum absolute atomic E-state index is 0.0367. The molecule has 0 aliphatic carbocycles. The Hall–Kier alpha value is -1.56. The number of rotatable bonds is 3. The van der Waals surface area contributed by atoms with Gasteiger partial charge in [0, 0.05) is 36.8 Å². The van der Waals surface area contributed by atoms with Crippen LogP contribution in [-0.4, -0.2) is 47.2 Å². The fourth-order valence-electron chi connectivity index (χ4n) is 2.51. The molecular formula is C17H32N6. The number of nitrogens with zero attached hydrogens (tertiary/aromatic N) is 3. The average molecular weight is 320 g/mol. The summed E-state index contributed by atoms with van der Waals surface area (Å²) in [5.74, 6) is 2.53. The average Bonchev–Trinajstić information content (AvgIpc) is 2.62. The van der Waals surface area contributed by atoms with E-state index >= 15 is 0 Å². The summed E-state index contributed by atoms with van der Waals surface area (Å²) in [5.41, 5.74) is -0.108. The first-order valence-corrected chi connectivity index (χ1v) is 8.53. The van der Waals surface area contributed by atoms with Gasteiger partial charge in [-0.1, -0.05) is 0 Å². The lowest BCUT2D eigenvalue weighted by Crippen LogP contribution is -2.32. The molecule has 2 heterocycles. The Kier molecular flexibility index (Phi) is 5.34. The Morgan fingerprint density at radius 1 is 0.957 bits per heavy atom. The van der Waals surface area contributed by atoms with Gasteiger partial charge >= 0.3 is 0 Å². The minimum Gasteiger partial charge on any atom is -0.365 e. The Bertz CT molecular complexity index is 473. The molecule has 1 aliphatic rings. The molecule has 130 valence electrons. The Morgan fingerprint density at radius 2 is 1.65 bits per heavy atom. The Labute approximate surface area is 140 Å². The maximum absolute atomic E-state index is 4.75. The van der Waals surface area contributed by atoms with Crippen LogP contribution in [0.5, 0.6) is 0 Å². The molecule has 3 N–H and O–H groups in total. The van der Waals surface area contributed by atoms with Crippen molar-refractivity contribution in [2.75, 3.05) is 41.7 Å². The molecule has 0 atom stereocenters. The van der Waals surface area contributed by atoms with E-state index in [9.17, 15) is 0 Å². The molecule has 0 unspecified atom stereocenters. The van der Waals surface area contributed by atoms with Gasteiger partial charge in [-0.2, -0.15) is 9.97 Å². The lowest BCUT2D eigenvalue weighted by atomic mass is 10.1. The number of aromatic nitrogens is 2. The molecule has 0 aromatic carbocycles. The van der Waals surface area contributed by atoms with Crippen LogP contribution >= 0.6 is 0 Å². The molecule has 0 saturated carbocycles. The first kappa shape index (κ1) is 17.8. The molecule has 0 amide bonds. The fraction of sp³-hybridized carbons (Fsp3) is 0.765. The van der Waals surface area contributed by atoms with Gasteiger partial charge in [-0.15, -0.1) is 0 Å². The zero-order valence-corrected chi connectivity index (χ0v) is 15.5. The summed E-state index contributed by atoms with van der Waals surface area (Å²) < 4.78 is 0. The predicted molar refractivity (Wildman–Crippen MR) is 98.5 cm³/mol. The van der Waals surface area contributed by atoms with Crippen LogP contribution in [0, 0.1) is 0 Å². The van der Waals surface area contributed by atoms with Crippen LogP contribution in [0.4, 0.5) is 17.6 Å². The molecule has 0 radical (unpaired) electrons. The predicted octanol–water partition coefficient (Wildman–Crippen LogP) is 2.70. The van der Waals surface area contributed by atoms with E-state index in [1.54, 1.807) is 0 Å². The normalized spacial score (nSPS) is 16.9. The van der Waals surface area contributed by atoms with Gasteiger partial charge in [0.15, 0.2) is 0 Å². The van der Waals surface area contributed by atoms with Crippen molar-refractivity contribution in [3.63, 3.8) is 0 Å². The largest absolute Gasteiger partial charge is 0.365 e. The van der Waals surface area contributed by atoms with Crippen molar-refractivity contribution in [2.24, 2.45) is 0 Å². The molecule has 6 nitrogen and oxygen atoms in total. The summed E-state index contributed by atoms with van der Waals surface area (Å²) in [4.78, 5) is 11.7. The van der Waals surface area contributed by atoms with Crippen LogP contribution in [0.25, 0.3) is 0 Å². The number of hydrogen-bond donors (Lipinski definition) is 3. The summed E-state index contributed by atoms with van der Waals surface area (Å²) in [7, 11) is 0. The SMILES string of the molecule is CC(C)(C)Nc1cc(N2CCCNCC2)nc(NC(C)(C)C)n1. The molecule has 1 aliphatic heterocycles. The van der Waals surface area contributed by atoms with E-state index in [0.717, 1.165) is 44.2 Å². The monoisotopic (exact) mass is 320 g/mol. The molecule has 1 aromatic rings. The van der Waals surface area contributed by atoms with Crippen molar-refractivity contribution in [2.45, 2.75) is 59.0 Å². The van der Waals surface area contributed by atoms with Crippen LogP contribution < -0.4 is 20.9 Å². The van der Waals surface area contributed by atoms with Crippen LogP contribution in [0.1, 0.15) is 48.0 Å². The smallest absolute Gasteiger partial charge is 0.227 e. The van der Waals surface area contributed by atoms with Gasteiger partial charge in [0.25, 0.3) is 0 Å². The first-order valence-electron chi connectivity index (χ1n) is 8.53. The summed E-state index contributed by atoms with van der Waals surface area (Å²) in [6.45, 7) is 16.8. The standard InChI is InChI=1S/C17H32N6/c1-16(2,3)21-13-12-14(23-10-7-8-18-9-11-23)20-15(19-13)22-17(4,5)6/h12,18H,7-11H2,1-6H3,(H2,19,20,21,22). The third kappa shape index (κ3) is 6.22. The zero-order valence-electron chi connectivity index (χ0n) is 15.5. The van der Waals surface area contributed by atoms with E-state index in [4.69, 9.17) is 4.98 Å². The fourth-order valence-corrected chi connectivity index (χ4v) is 2.51. The second-order valence-corrected chi connectivity index (χ2v) is 8.28. The van der Waals surface area contributed by atoms with Gasteiger partial charge in [0.05, 0.1) is 0 Å². The van der Waals surface area contributed by atoms with Gasteiger partial charge < -0.3 is 20.9 Å². The highest BCUT2D eigenvalue weighted by molar-refractivity contribution is 5.55. The van der Waals surface area contributed by atoms with Crippen molar-refractivity contribution < 1.29 is 0 Å². The summed E-state index contributed by atoms with van der Waals surface area (Å²) in [6.07, 6.45) is 1.13. The van der Waals surface area contributed by atoms with Gasteiger partial charge in [0.2, 0.25) is 5.95 Å².